The van der Waals surface area contributed by atoms with Crippen molar-refractivity contribution in [1.29, 1.82) is 0 Å². The summed E-state index contributed by atoms with van der Waals surface area (Å²) in [6, 6.07) is 1.15. The molecule has 0 spiro atoms. The van der Waals surface area contributed by atoms with Crippen molar-refractivity contribution >= 4 is 10.8 Å². The molecule has 0 aromatic rings. The number of piperazine rings is 1. The van der Waals surface area contributed by atoms with Crippen molar-refractivity contribution in [2.24, 2.45) is 11.8 Å². The Morgan fingerprint density at radius 3 is 2.50 bits per heavy atom. The summed E-state index contributed by atoms with van der Waals surface area (Å²) in [5.74, 6) is 2.36. The van der Waals surface area contributed by atoms with Gasteiger partial charge in [0, 0.05) is 53.5 Å². The van der Waals surface area contributed by atoms with Crippen molar-refractivity contribution in [1.82, 2.24) is 10.2 Å². The summed E-state index contributed by atoms with van der Waals surface area (Å²) >= 11 is 0. The third-order valence-corrected chi connectivity index (χ3v) is 6.10. The molecule has 1 N–H and O–H groups in total. The quantitative estimate of drug-likeness (QED) is 0.816. The fraction of sp³-hybridized carbons (Fsp3) is 1.00. The number of hydrogen-bond acceptors (Lipinski definition) is 3. The van der Waals surface area contributed by atoms with Crippen LogP contribution in [0.2, 0.25) is 0 Å². The molecule has 4 unspecified atom stereocenters. The van der Waals surface area contributed by atoms with E-state index in [9.17, 15) is 4.21 Å². The van der Waals surface area contributed by atoms with E-state index in [0.29, 0.717) is 23.5 Å². The molecule has 4 heteroatoms. The number of nitrogens with one attached hydrogen (secondary N) is 1. The average molecular weight is 301 g/mol. The molecule has 0 aromatic carbocycles. The van der Waals surface area contributed by atoms with Gasteiger partial charge in [0.05, 0.1) is 0 Å². The van der Waals surface area contributed by atoms with E-state index >= 15 is 0 Å². The van der Waals surface area contributed by atoms with E-state index < -0.39 is 10.8 Å². The molecule has 2 aliphatic rings. The van der Waals surface area contributed by atoms with E-state index in [0.717, 1.165) is 31.2 Å². The average Bonchev–Trinajstić information content (AvgIpc) is 3.19. The topological polar surface area (TPSA) is 32.3 Å². The number of nitrogens with zero attached hydrogens (tertiary/aromatic N) is 1. The third-order valence-electron chi connectivity index (χ3n) is 5.29. The molecular formula is C16H32N2OS. The SMILES string of the molecule is CC(C)C1CNC(C)(C2CC2)CN1C(C)CCS(C)=O. The Bertz CT molecular complexity index is 356. The normalized spacial score (nSPS) is 35.2. The fourth-order valence-electron chi connectivity index (χ4n) is 3.61. The summed E-state index contributed by atoms with van der Waals surface area (Å²) in [6.07, 6.45) is 5.64. The maximum atomic E-state index is 11.4. The van der Waals surface area contributed by atoms with Crippen molar-refractivity contribution in [3.8, 4) is 0 Å². The number of rotatable bonds is 6. The summed E-state index contributed by atoms with van der Waals surface area (Å²) in [4.78, 5) is 2.70. The van der Waals surface area contributed by atoms with Gasteiger partial charge in [-0.3, -0.25) is 9.11 Å². The lowest BCUT2D eigenvalue weighted by Gasteiger charge is -2.50. The van der Waals surface area contributed by atoms with Crippen LogP contribution in [0.3, 0.4) is 0 Å². The van der Waals surface area contributed by atoms with Crippen LogP contribution in [0.15, 0.2) is 0 Å². The van der Waals surface area contributed by atoms with E-state index in [2.05, 4.69) is 37.9 Å². The minimum Gasteiger partial charge on any atom is -0.308 e. The molecule has 1 aliphatic heterocycles. The zero-order valence-electron chi connectivity index (χ0n) is 13.8. The van der Waals surface area contributed by atoms with Gasteiger partial charge in [0.15, 0.2) is 0 Å². The highest BCUT2D eigenvalue weighted by Gasteiger charge is 2.47. The zero-order valence-corrected chi connectivity index (χ0v) is 14.6. The molecule has 1 saturated carbocycles. The van der Waals surface area contributed by atoms with Gasteiger partial charge in [0.2, 0.25) is 0 Å². The van der Waals surface area contributed by atoms with Crippen LogP contribution < -0.4 is 5.32 Å². The van der Waals surface area contributed by atoms with Gasteiger partial charge < -0.3 is 5.32 Å². The first-order valence-corrected chi connectivity index (χ1v) is 9.87. The second kappa shape index (κ2) is 6.45. The fourth-order valence-corrected chi connectivity index (χ4v) is 4.28. The van der Waals surface area contributed by atoms with Gasteiger partial charge in [-0.2, -0.15) is 0 Å². The zero-order chi connectivity index (χ0) is 14.9. The van der Waals surface area contributed by atoms with E-state index in [1.54, 1.807) is 0 Å². The van der Waals surface area contributed by atoms with Crippen LogP contribution in [0.25, 0.3) is 0 Å². The van der Waals surface area contributed by atoms with E-state index in [4.69, 9.17) is 0 Å². The molecule has 0 aromatic heterocycles. The molecule has 3 nitrogen and oxygen atoms in total. The minimum atomic E-state index is -0.670. The van der Waals surface area contributed by atoms with Gasteiger partial charge in [0.25, 0.3) is 0 Å². The standard InChI is InChI=1S/C16H32N2OS/c1-12(2)15-10-17-16(4,14-6-7-14)11-18(15)13(3)8-9-20(5)19/h12-15,17H,6-11H2,1-5H3. The van der Waals surface area contributed by atoms with Crippen LogP contribution in [0, 0.1) is 11.8 Å². The largest absolute Gasteiger partial charge is 0.308 e. The number of hydrogen-bond donors (Lipinski definition) is 1. The van der Waals surface area contributed by atoms with Crippen molar-refractivity contribution in [3.05, 3.63) is 0 Å². The van der Waals surface area contributed by atoms with Crippen molar-refractivity contribution in [2.75, 3.05) is 25.1 Å². The first kappa shape index (κ1) is 16.4. The molecule has 2 fully saturated rings. The Morgan fingerprint density at radius 2 is 2.00 bits per heavy atom. The van der Waals surface area contributed by atoms with E-state index in [1.807, 2.05) is 6.26 Å². The molecule has 0 amide bonds. The van der Waals surface area contributed by atoms with Crippen LogP contribution in [0.5, 0.6) is 0 Å². The Hall–Kier alpha value is 0.0700. The van der Waals surface area contributed by atoms with Crippen molar-refractivity contribution in [3.63, 3.8) is 0 Å². The second-order valence-corrected chi connectivity index (χ2v) is 9.03. The van der Waals surface area contributed by atoms with E-state index in [-0.39, 0.29) is 0 Å². The molecular weight excluding hydrogens is 268 g/mol. The lowest BCUT2D eigenvalue weighted by Crippen LogP contribution is -2.66. The minimum absolute atomic E-state index is 0.297. The van der Waals surface area contributed by atoms with E-state index in [1.165, 1.54) is 12.8 Å². The maximum Gasteiger partial charge on any atom is 0.0309 e. The summed E-state index contributed by atoms with van der Waals surface area (Å²) in [5, 5.41) is 3.84. The Morgan fingerprint density at radius 1 is 1.35 bits per heavy atom. The van der Waals surface area contributed by atoms with Gasteiger partial charge in [-0.15, -0.1) is 0 Å². The predicted octanol–water partition coefficient (Wildman–Crippen LogP) is 2.24. The third kappa shape index (κ3) is 3.83. The molecule has 4 atom stereocenters. The summed E-state index contributed by atoms with van der Waals surface area (Å²) in [5.41, 5.74) is 0.297. The van der Waals surface area contributed by atoms with Crippen LogP contribution in [0.4, 0.5) is 0 Å². The molecule has 118 valence electrons. The highest BCUT2D eigenvalue weighted by Crippen LogP contribution is 2.42. The van der Waals surface area contributed by atoms with Crippen molar-refractivity contribution in [2.45, 2.75) is 64.6 Å². The molecule has 1 saturated heterocycles. The second-order valence-electron chi connectivity index (χ2n) is 7.47. The summed E-state index contributed by atoms with van der Waals surface area (Å²) < 4.78 is 11.4. The van der Waals surface area contributed by atoms with Gasteiger partial charge in [-0.05, 0) is 44.9 Å². The Balaban J connectivity index is 2.03. The summed E-state index contributed by atoms with van der Waals surface area (Å²) in [7, 11) is -0.670. The molecule has 0 radical (unpaired) electrons. The van der Waals surface area contributed by atoms with Gasteiger partial charge in [-0.25, -0.2) is 0 Å². The molecule has 1 heterocycles. The lowest BCUT2D eigenvalue weighted by molar-refractivity contribution is 0.0228. The van der Waals surface area contributed by atoms with Crippen LogP contribution in [-0.4, -0.2) is 51.8 Å². The van der Waals surface area contributed by atoms with Crippen molar-refractivity contribution < 1.29 is 4.21 Å². The van der Waals surface area contributed by atoms with Crippen LogP contribution in [-0.2, 0) is 10.8 Å². The summed E-state index contributed by atoms with van der Waals surface area (Å²) in [6.45, 7) is 11.6. The molecule has 0 bridgehead atoms. The van der Waals surface area contributed by atoms with Gasteiger partial charge >= 0.3 is 0 Å². The molecule has 2 rings (SSSR count). The van der Waals surface area contributed by atoms with Gasteiger partial charge in [-0.1, -0.05) is 13.8 Å². The van der Waals surface area contributed by atoms with Crippen LogP contribution in [0.1, 0.15) is 47.0 Å². The predicted molar refractivity (Wildman–Crippen MR) is 87.5 cm³/mol. The Labute approximate surface area is 127 Å². The lowest BCUT2D eigenvalue weighted by atomic mass is 9.87. The maximum absolute atomic E-state index is 11.4. The molecule has 1 aliphatic carbocycles. The van der Waals surface area contributed by atoms with Gasteiger partial charge in [0.1, 0.15) is 0 Å². The highest BCUT2D eigenvalue weighted by molar-refractivity contribution is 7.84. The monoisotopic (exact) mass is 300 g/mol. The highest BCUT2D eigenvalue weighted by atomic mass is 32.2. The molecule has 20 heavy (non-hydrogen) atoms. The first-order chi connectivity index (χ1) is 9.33. The van der Waals surface area contributed by atoms with Crippen LogP contribution >= 0.6 is 0 Å². The smallest absolute Gasteiger partial charge is 0.0309 e. The Kier molecular flexibility index (Phi) is 5.30. The first-order valence-electron chi connectivity index (χ1n) is 8.14.